The molecule has 0 aromatic heterocycles. The van der Waals surface area contributed by atoms with Crippen molar-refractivity contribution in [3.05, 3.63) is 0 Å². The largest absolute Gasteiger partial charge is 0 e. The molecule has 0 aromatic carbocycles. The molecule has 8 heteroatoms. The molecule has 0 atom stereocenters. The van der Waals surface area contributed by atoms with E-state index in [0.29, 0.717) is 0 Å². The molecule has 3 N–H and O–H groups in total. The standard InChI is InChI=1S/Na.Nb.H3O4P.Ti.H/c;;1-5(2,3)4;;/h;;(H3,1,2,3,4);;. The molecule has 43 valence electrons. The molecule has 0 rings (SSSR count). The Labute approximate surface area is 99.4 Å². The van der Waals surface area contributed by atoms with E-state index in [9.17, 15) is 0 Å². The van der Waals surface area contributed by atoms with Crippen LogP contribution >= 0.6 is 7.82 Å². The number of rotatable bonds is 0. The Morgan fingerprint density at radius 1 is 1.12 bits per heavy atom. The number of hydrogen-bond acceptors (Lipinski definition) is 1. The van der Waals surface area contributed by atoms with Gasteiger partial charge in [0, 0.05) is 44.1 Å². The summed E-state index contributed by atoms with van der Waals surface area (Å²) in [5.74, 6) is 0. The van der Waals surface area contributed by atoms with Crippen molar-refractivity contribution < 1.29 is 63.3 Å². The third-order valence-electron chi connectivity index (χ3n) is 0. The van der Waals surface area contributed by atoms with Crippen molar-refractivity contribution in [2.75, 3.05) is 0 Å². The normalized spacial score (nSPS) is 7.38. The molecule has 0 amide bonds. The first kappa shape index (κ1) is 22.4. The first-order chi connectivity index (χ1) is 2.00. The van der Waals surface area contributed by atoms with Crippen molar-refractivity contribution in [2.45, 2.75) is 0 Å². The Bertz CT molecular complexity index is 62.2. The SMILES string of the molecule is O=P(O)(O)O.[NaH].[Nb].[Ti]. The maximum atomic E-state index is 8.88. The van der Waals surface area contributed by atoms with E-state index in [-0.39, 0.29) is 73.7 Å². The molecule has 1 radical (unpaired) electrons. The van der Waals surface area contributed by atoms with Gasteiger partial charge in [0.2, 0.25) is 0 Å². The summed E-state index contributed by atoms with van der Waals surface area (Å²) in [6, 6.07) is 0. The minimum absolute atomic E-state index is 0. The van der Waals surface area contributed by atoms with Crippen LogP contribution in [-0.2, 0) is 48.7 Å². The van der Waals surface area contributed by atoms with E-state index in [0.717, 1.165) is 0 Å². The average molecular weight is 263 g/mol. The maximum absolute atomic E-state index is 8.88. The Morgan fingerprint density at radius 3 is 1.12 bits per heavy atom. The van der Waals surface area contributed by atoms with Crippen LogP contribution in [0.1, 0.15) is 0 Å². The van der Waals surface area contributed by atoms with Crippen molar-refractivity contribution in [2.24, 2.45) is 0 Å². The Morgan fingerprint density at radius 2 is 1.12 bits per heavy atom. The van der Waals surface area contributed by atoms with Gasteiger partial charge in [-0.05, 0) is 0 Å². The van der Waals surface area contributed by atoms with Gasteiger partial charge in [0.1, 0.15) is 0 Å². The molecule has 0 heterocycles. The van der Waals surface area contributed by atoms with Crippen LogP contribution in [0.15, 0.2) is 0 Å². The summed E-state index contributed by atoms with van der Waals surface area (Å²) in [4.78, 5) is 21.6. The maximum Gasteiger partial charge on any atom is 0 e. The van der Waals surface area contributed by atoms with E-state index in [1.807, 2.05) is 0 Å². The fraction of sp³-hybridized carbons (Fsp3) is 0. The van der Waals surface area contributed by atoms with Gasteiger partial charge in [-0.15, -0.1) is 0 Å². The van der Waals surface area contributed by atoms with Gasteiger partial charge in [-0.3, -0.25) is 0 Å². The van der Waals surface area contributed by atoms with E-state index < -0.39 is 7.82 Å². The molecule has 4 nitrogen and oxygen atoms in total. The summed E-state index contributed by atoms with van der Waals surface area (Å²) in [6.07, 6.45) is 0. The predicted octanol–water partition coefficient (Wildman–Crippen LogP) is -1.58. The summed E-state index contributed by atoms with van der Waals surface area (Å²) in [5, 5.41) is 0. The second-order valence-corrected chi connectivity index (χ2v) is 1.54. The molecule has 0 bridgehead atoms. The van der Waals surface area contributed by atoms with Crippen molar-refractivity contribution in [1.29, 1.82) is 0 Å². The zero-order chi connectivity index (χ0) is 4.50. The fourth-order valence-corrected chi connectivity index (χ4v) is 0. The molecule has 0 aliphatic carbocycles. The molecule has 0 saturated carbocycles. The van der Waals surface area contributed by atoms with Gasteiger partial charge in [-0.1, -0.05) is 0 Å². The molecule has 0 spiro atoms. The van der Waals surface area contributed by atoms with E-state index in [1.54, 1.807) is 0 Å². The minimum Gasteiger partial charge on any atom is 0 e. The fourth-order valence-electron chi connectivity index (χ4n) is 0. The number of phosphoric acid groups is 1. The van der Waals surface area contributed by atoms with Gasteiger partial charge in [-0.25, -0.2) is 4.57 Å². The van der Waals surface area contributed by atoms with E-state index in [4.69, 9.17) is 19.2 Å². The van der Waals surface area contributed by atoms with Crippen LogP contribution in [0.2, 0.25) is 0 Å². The Hall–Kier alpha value is 2.56. The first-order valence-corrected chi connectivity index (χ1v) is 2.35. The number of hydrogen-bond donors (Lipinski definition) is 3. The molecule has 0 aliphatic heterocycles. The van der Waals surface area contributed by atoms with Crippen LogP contribution in [0.3, 0.4) is 0 Å². The topological polar surface area (TPSA) is 77.8 Å². The van der Waals surface area contributed by atoms with E-state index >= 15 is 0 Å². The van der Waals surface area contributed by atoms with Gasteiger partial charge in [0.15, 0.2) is 0 Å². The molecule has 0 aromatic rings. The van der Waals surface area contributed by atoms with Gasteiger partial charge in [0.05, 0.1) is 0 Å². The van der Waals surface area contributed by atoms with E-state index in [2.05, 4.69) is 0 Å². The Balaban J connectivity index is -0.0000000267. The van der Waals surface area contributed by atoms with Gasteiger partial charge < -0.3 is 14.7 Å². The molecular formula is H4NaNbO4PTi. The summed E-state index contributed by atoms with van der Waals surface area (Å²) < 4.78 is 8.88. The molecule has 0 aliphatic rings. The summed E-state index contributed by atoms with van der Waals surface area (Å²) >= 11 is 0. The molecule has 0 unspecified atom stereocenters. The second-order valence-electron chi connectivity index (χ2n) is 0.513. The van der Waals surface area contributed by atoms with Crippen LogP contribution in [0.25, 0.3) is 0 Å². The van der Waals surface area contributed by atoms with Crippen LogP contribution in [-0.4, -0.2) is 44.2 Å². The van der Waals surface area contributed by atoms with Crippen molar-refractivity contribution in [1.82, 2.24) is 0 Å². The zero-order valence-corrected chi connectivity index (χ0v) is 7.80. The summed E-state index contributed by atoms with van der Waals surface area (Å²) in [5.41, 5.74) is 0. The smallest absolute Gasteiger partial charge is 0 e. The summed E-state index contributed by atoms with van der Waals surface area (Å²) in [6.45, 7) is 0. The first-order valence-electron chi connectivity index (χ1n) is 0.783. The van der Waals surface area contributed by atoms with Gasteiger partial charge >= 0.3 is 37.4 Å². The zero-order valence-electron chi connectivity index (χ0n) is 3.14. The average Bonchev–Trinajstić information content (AvgIpc) is 0.722. The Kier molecular flexibility index (Phi) is 26.8. The van der Waals surface area contributed by atoms with Crippen molar-refractivity contribution >= 4 is 37.4 Å². The van der Waals surface area contributed by atoms with Crippen LogP contribution in [0.5, 0.6) is 0 Å². The molecule has 8 heavy (non-hydrogen) atoms. The van der Waals surface area contributed by atoms with Gasteiger partial charge in [-0.2, -0.15) is 0 Å². The van der Waals surface area contributed by atoms with Crippen LogP contribution in [0, 0.1) is 0 Å². The third-order valence-corrected chi connectivity index (χ3v) is 0. The van der Waals surface area contributed by atoms with E-state index in [1.165, 1.54) is 0 Å². The van der Waals surface area contributed by atoms with Crippen molar-refractivity contribution in [3.63, 3.8) is 0 Å². The minimum atomic E-state index is -4.64. The second kappa shape index (κ2) is 9.56. The summed E-state index contributed by atoms with van der Waals surface area (Å²) in [7, 11) is -4.64. The third kappa shape index (κ3) is 74.5. The molecular weight excluding hydrogens is 259 g/mol. The van der Waals surface area contributed by atoms with Crippen LogP contribution in [0.4, 0.5) is 0 Å². The van der Waals surface area contributed by atoms with Crippen LogP contribution < -0.4 is 0 Å². The monoisotopic (exact) mass is 263 g/mol. The predicted molar refractivity (Wildman–Crippen MR) is 21.4 cm³/mol. The molecule has 0 fully saturated rings. The quantitative estimate of drug-likeness (QED) is 0.364. The van der Waals surface area contributed by atoms with Gasteiger partial charge in [0.25, 0.3) is 0 Å². The van der Waals surface area contributed by atoms with Crippen molar-refractivity contribution in [3.8, 4) is 0 Å². The molecule has 0 saturated heterocycles.